The Morgan fingerprint density at radius 3 is 2.38 bits per heavy atom. The molecule has 4 nitrogen and oxygen atoms in total. The van der Waals surface area contributed by atoms with Crippen LogP contribution in [-0.2, 0) is 6.54 Å². The maximum absolute atomic E-state index is 5.34. The third-order valence-corrected chi connectivity index (χ3v) is 4.10. The summed E-state index contributed by atoms with van der Waals surface area (Å²) in [6, 6.07) is 8.18. The number of pyridine rings is 1. The molecule has 1 atom stereocenters. The lowest BCUT2D eigenvalue weighted by Gasteiger charge is -2.16. The Bertz CT molecular complexity index is 590. The van der Waals surface area contributed by atoms with Crippen molar-refractivity contribution in [2.75, 3.05) is 14.2 Å². The van der Waals surface area contributed by atoms with Gasteiger partial charge in [-0.1, -0.05) is 15.9 Å². The lowest BCUT2D eigenvalue weighted by Crippen LogP contribution is -2.18. The molecule has 0 fully saturated rings. The predicted molar refractivity (Wildman–Crippen MR) is 86.7 cm³/mol. The summed E-state index contributed by atoms with van der Waals surface area (Å²) in [5, 5.41) is 3.49. The minimum absolute atomic E-state index is 0.244. The molecule has 1 heterocycles. The van der Waals surface area contributed by atoms with Crippen molar-refractivity contribution in [3.63, 3.8) is 0 Å². The summed E-state index contributed by atoms with van der Waals surface area (Å²) >= 11 is 3.57. The van der Waals surface area contributed by atoms with E-state index in [2.05, 4.69) is 33.2 Å². The molecule has 0 aliphatic rings. The van der Waals surface area contributed by atoms with Gasteiger partial charge in [0, 0.05) is 29.5 Å². The summed E-state index contributed by atoms with van der Waals surface area (Å²) in [5.41, 5.74) is 2.33. The molecule has 0 radical (unpaired) electrons. The van der Waals surface area contributed by atoms with E-state index in [4.69, 9.17) is 9.47 Å². The molecule has 0 saturated heterocycles. The van der Waals surface area contributed by atoms with E-state index in [1.54, 1.807) is 26.6 Å². The number of hydrogen-bond donors (Lipinski definition) is 1. The van der Waals surface area contributed by atoms with Crippen molar-refractivity contribution < 1.29 is 9.47 Å². The number of rotatable bonds is 6. The fourth-order valence-electron chi connectivity index (χ4n) is 2.06. The van der Waals surface area contributed by atoms with Gasteiger partial charge in [-0.25, -0.2) is 0 Å². The number of nitrogens with one attached hydrogen (secondary N) is 1. The summed E-state index contributed by atoms with van der Waals surface area (Å²) < 4.78 is 11.6. The van der Waals surface area contributed by atoms with Crippen LogP contribution in [0.25, 0.3) is 0 Å². The molecule has 0 bridgehead atoms. The molecule has 2 aromatic rings. The van der Waals surface area contributed by atoms with E-state index in [0.717, 1.165) is 28.1 Å². The first kappa shape index (κ1) is 15.8. The molecule has 112 valence electrons. The summed E-state index contributed by atoms with van der Waals surface area (Å²) in [6.45, 7) is 2.86. The Hall–Kier alpha value is -1.59. The molecular weight excluding hydrogens is 332 g/mol. The van der Waals surface area contributed by atoms with Gasteiger partial charge in [0.15, 0.2) is 11.5 Å². The molecule has 1 N–H and O–H groups in total. The molecule has 1 unspecified atom stereocenters. The first-order valence-electron chi connectivity index (χ1n) is 6.69. The van der Waals surface area contributed by atoms with Gasteiger partial charge in [0.25, 0.3) is 0 Å². The van der Waals surface area contributed by atoms with E-state index in [1.165, 1.54) is 5.56 Å². The molecule has 2 rings (SSSR count). The van der Waals surface area contributed by atoms with Gasteiger partial charge in [-0.05, 0) is 42.3 Å². The fraction of sp³-hybridized carbons (Fsp3) is 0.312. The van der Waals surface area contributed by atoms with E-state index in [-0.39, 0.29) is 6.04 Å². The third kappa shape index (κ3) is 3.95. The molecule has 1 aromatic heterocycles. The fourth-order valence-corrected chi connectivity index (χ4v) is 2.53. The lowest BCUT2D eigenvalue weighted by molar-refractivity contribution is 0.354. The topological polar surface area (TPSA) is 43.4 Å². The Kier molecular flexibility index (Phi) is 5.59. The van der Waals surface area contributed by atoms with E-state index in [9.17, 15) is 0 Å². The quantitative estimate of drug-likeness (QED) is 0.862. The summed E-state index contributed by atoms with van der Waals surface area (Å²) in [4.78, 5) is 4.04. The van der Waals surface area contributed by atoms with Crippen LogP contribution in [0, 0.1) is 0 Å². The zero-order valence-corrected chi connectivity index (χ0v) is 14.0. The minimum Gasteiger partial charge on any atom is -0.493 e. The SMILES string of the molecule is COc1cc(Br)c(CNC(C)c2ccncc2)cc1OC. The van der Waals surface area contributed by atoms with Crippen molar-refractivity contribution in [1.29, 1.82) is 0 Å². The van der Waals surface area contributed by atoms with Gasteiger partial charge >= 0.3 is 0 Å². The van der Waals surface area contributed by atoms with Gasteiger partial charge in [-0.2, -0.15) is 0 Å². The van der Waals surface area contributed by atoms with Crippen molar-refractivity contribution in [3.8, 4) is 11.5 Å². The maximum atomic E-state index is 5.34. The molecular formula is C16H19BrN2O2. The average Bonchev–Trinajstić information content (AvgIpc) is 2.53. The Labute approximate surface area is 133 Å². The Morgan fingerprint density at radius 1 is 1.14 bits per heavy atom. The number of nitrogens with zero attached hydrogens (tertiary/aromatic N) is 1. The van der Waals surface area contributed by atoms with Crippen molar-refractivity contribution >= 4 is 15.9 Å². The van der Waals surface area contributed by atoms with Crippen molar-refractivity contribution in [2.24, 2.45) is 0 Å². The number of hydrogen-bond acceptors (Lipinski definition) is 4. The van der Waals surface area contributed by atoms with Crippen LogP contribution in [0.1, 0.15) is 24.1 Å². The van der Waals surface area contributed by atoms with Crippen LogP contribution in [0.5, 0.6) is 11.5 Å². The zero-order valence-electron chi connectivity index (χ0n) is 12.4. The predicted octanol–water partition coefficient (Wildman–Crippen LogP) is 3.71. The second-order valence-corrected chi connectivity index (χ2v) is 5.54. The van der Waals surface area contributed by atoms with E-state index < -0.39 is 0 Å². The highest BCUT2D eigenvalue weighted by Gasteiger charge is 2.11. The number of halogens is 1. The van der Waals surface area contributed by atoms with Crippen molar-refractivity contribution in [2.45, 2.75) is 19.5 Å². The van der Waals surface area contributed by atoms with E-state index in [1.807, 2.05) is 24.3 Å². The first-order chi connectivity index (χ1) is 10.2. The van der Waals surface area contributed by atoms with Crippen LogP contribution in [0.2, 0.25) is 0 Å². The van der Waals surface area contributed by atoms with Crippen LogP contribution >= 0.6 is 15.9 Å². The maximum Gasteiger partial charge on any atom is 0.161 e. The van der Waals surface area contributed by atoms with Gasteiger partial charge in [0.1, 0.15) is 0 Å². The monoisotopic (exact) mass is 350 g/mol. The Morgan fingerprint density at radius 2 is 1.76 bits per heavy atom. The smallest absolute Gasteiger partial charge is 0.161 e. The number of methoxy groups -OCH3 is 2. The number of benzene rings is 1. The molecule has 0 spiro atoms. The third-order valence-electron chi connectivity index (χ3n) is 3.36. The molecule has 0 aliphatic heterocycles. The van der Waals surface area contributed by atoms with Crippen LogP contribution in [0.3, 0.4) is 0 Å². The first-order valence-corrected chi connectivity index (χ1v) is 7.48. The van der Waals surface area contributed by atoms with Gasteiger partial charge in [0.2, 0.25) is 0 Å². The normalized spacial score (nSPS) is 12.0. The average molecular weight is 351 g/mol. The van der Waals surface area contributed by atoms with Crippen molar-refractivity contribution in [1.82, 2.24) is 10.3 Å². The van der Waals surface area contributed by atoms with Crippen LogP contribution in [0.4, 0.5) is 0 Å². The summed E-state index contributed by atoms with van der Waals surface area (Å²) in [5.74, 6) is 1.45. The molecule has 0 saturated carbocycles. The highest BCUT2D eigenvalue weighted by atomic mass is 79.9. The molecule has 21 heavy (non-hydrogen) atoms. The molecule has 5 heteroatoms. The minimum atomic E-state index is 0.244. The molecule has 0 amide bonds. The second-order valence-electron chi connectivity index (χ2n) is 4.68. The van der Waals surface area contributed by atoms with E-state index >= 15 is 0 Å². The second kappa shape index (κ2) is 7.43. The number of ether oxygens (including phenoxy) is 2. The van der Waals surface area contributed by atoms with E-state index in [0.29, 0.717) is 0 Å². The zero-order chi connectivity index (χ0) is 15.2. The highest BCUT2D eigenvalue weighted by Crippen LogP contribution is 2.33. The largest absolute Gasteiger partial charge is 0.493 e. The van der Waals surface area contributed by atoms with Crippen LogP contribution < -0.4 is 14.8 Å². The van der Waals surface area contributed by atoms with Gasteiger partial charge in [-0.3, -0.25) is 4.98 Å². The molecule has 0 aliphatic carbocycles. The van der Waals surface area contributed by atoms with Crippen LogP contribution in [0.15, 0.2) is 41.1 Å². The summed E-state index contributed by atoms with van der Waals surface area (Å²) in [6.07, 6.45) is 3.61. The summed E-state index contributed by atoms with van der Waals surface area (Å²) in [7, 11) is 3.27. The van der Waals surface area contributed by atoms with Gasteiger partial charge in [0.05, 0.1) is 14.2 Å². The van der Waals surface area contributed by atoms with Crippen LogP contribution in [-0.4, -0.2) is 19.2 Å². The number of aromatic nitrogens is 1. The van der Waals surface area contributed by atoms with Gasteiger partial charge in [-0.15, -0.1) is 0 Å². The van der Waals surface area contributed by atoms with Gasteiger partial charge < -0.3 is 14.8 Å². The molecule has 1 aromatic carbocycles. The Balaban J connectivity index is 2.09. The lowest BCUT2D eigenvalue weighted by atomic mass is 10.1. The highest BCUT2D eigenvalue weighted by molar-refractivity contribution is 9.10. The standard InChI is InChI=1S/C16H19BrN2O2/c1-11(12-4-6-18-7-5-12)19-10-13-8-15(20-2)16(21-3)9-14(13)17/h4-9,11,19H,10H2,1-3H3. The van der Waals surface area contributed by atoms with Crippen molar-refractivity contribution in [3.05, 3.63) is 52.3 Å².